The summed E-state index contributed by atoms with van der Waals surface area (Å²) < 4.78 is 16.9. The number of hydrogen-bond acceptors (Lipinski definition) is 4. The summed E-state index contributed by atoms with van der Waals surface area (Å²) in [5.41, 5.74) is 3.49. The summed E-state index contributed by atoms with van der Waals surface area (Å²) >= 11 is 0. The number of hydrogen-bond donors (Lipinski definition) is 0. The van der Waals surface area contributed by atoms with Crippen LogP contribution in [0.3, 0.4) is 0 Å². The highest BCUT2D eigenvalue weighted by Crippen LogP contribution is 2.39. The molecule has 0 aliphatic rings. The summed E-state index contributed by atoms with van der Waals surface area (Å²) in [5, 5.41) is 0. The first-order valence-electron chi connectivity index (χ1n) is 7.26. The smallest absolute Gasteiger partial charge is 0.227 e. The molecule has 2 aromatic carbocycles. The molecule has 0 fully saturated rings. The highest BCUT2D eigenvalue weighted by Gasteiger charge is 2.18. The lowest BCUT2D eigenvalue weighted by molar-refractivity contribution is 0.382. The van der Waals surface area contributed by atoms with Gasteiger partial charge in [-0.15, -0.1) is 0 Å². The van der Waals surface area contributed by atoms with E-state index < -0.39 is 0 Å². The molecule has 0 amide bonds. The molecule has 0 unspecified atom stereocenters. The van der Waals surface area contributed by atoms with Crippen LogP contribution in [-0.2, 0) is 0 Å². The van der Waals surface area contributed by atoms with Crippen LogP contribution in [0.4, 0.5) is 0 Å². The Kier molecular flexibility index (Phi) is 3.75. The standard InChI is InChI=1S/C18H19NO3/c1-11(2)17-15(20-3)9-12(10-16(17)21-4)18-19-13-7-5-6-8-14(13)22-18/h5-11H,1-4H3. The Labute approximate surface area is 129 Å². The third-order valence-corrected chi connectivity index (χ3v) is 3.66. The zero-order chi connectivity index (χ0) is 15.7. The van der Waals surface area contributed by atoms with Crippen molar-refractivity contribution < 1.29 is 13.9 Å². The molecule has 0 aliphatic heterocycles. The van der Waals surface area contributed by atoms with E-state index in [1.54, 1.807) is 14.2 Å². The summed E-state index contributed by atoms with van der Waals surface area (Å²) in [6, 6.07) is 11.6. The average Bonchev–Trinajstić information content (AvgIpc) is 2.97. The van der Waals surface area contributed by atoms with E-state index in [1.165, 1.54) is 0 Å². The predicted octanol–water partition coefficient (Wildman–Crippen LogP) is 4.64. The second-order valence-electron chi connectivity index (χ2n) is 5.44. The maximum Gasteiger partial charge on any atom is 0.227 e. The van der Waals surface area contributed by atoms with Gasteiger partial charge in [0.1, 0.15) is 17.0 Å². The maximum absolute atomic E-state index is 5.83. The molecule has 0 saturated heterocycles. The number of fused-ring (bicyclic) bond motifs is 1. The van der Waals surface area contributed by atoms with Gasteiger partial charge in [0.05, 0.1) is 14.2 Å². The molecule has 0 spiro atoms. The van der Waals surface area contributed by atoms with E-state index in [2.05, 4.69) is 18.8 Å². The fourth-order valence-corrected chi connectivity index (χ4v) is 2.63. The van der Waals surface area contributed by atoms with Gasteiger partial charge in [-0.3, -0.25) is 0 Å². The summed E-state index contributed by atoms with van der Waals surface area (Å²) in [6.07, 6.45) is 0. The Bertz CT molecular complexity index is 747. The highest BCUT2D eigenvalue weighted by atomic mass is 16.5. The van der Waals surface area contributed by atoms with Crippen LogP contribution in [0, 0.1) is 0 Å². The van der Waals surface area contributed by atoms with Crippen LogP contribution in [0.15, 0.2) is 40.8 Å². The minimum Gasteiger partial charge on any atom is -0.496 e. The molecular formula is C18H19NO3. The lowest BCUT2D eigenvalue weighted by atomic mass is 9.98. The number of methoxy groups -OCH3 is 2. The SMILES string of the molecule is COc1cc(-c2nc3ccccc3o2)cc(OC)c1C(C)C. The van der Waals surface area contributed by atoms with Crippen LogP contribution in [-0.4, -0.2) is 19.2 Å². The second kappa shape index (κ2) is 5.72. The van der Waals surface area contributed by atoms with Crippen molar-refractivity contribution in [2.24, 2.45) is 0 Å². The number of oxazole rings is 1. The zero-order valence-corrected chi connectivity index (χ0v) is 13.2. The van der Waals surface area contributed by atoms with Crippen LogP contribution in [0.2, 0.25) is 0 Å². The normalized spacial score (nSPS) is 11.1. The monoisotopic (exact) mass is 297 g/mol. The van der Waals surface area contributed by atoms with E-state index in [0.29, 0.717) is 11.8 Å². The van der Waals surface area contributed by atoms with E-state index in [4.69, 9.17) is 13.9 Å². The third kappa shape index (κ3) is 2.41. The van der Waals surface area contributed by atoms with Crippen molar-refractivity contribution in [3.8, 4) is 23.0 Å². The van der Waals surface area contributed by atoms with Gasteiger partial charge in [0.2, 0.25) is 5.89 Å². The molecule has 0 saturated carbocycles. The Balaban J connectivity index is 2.18. The molecule has 1 aromatic heterocycles. The molecule has 0 N–H and O–H groups in total. The Morgan fingerprint density at radius 1 is 1.00 bits per heavy atom. The van der Waals surface area contributed by atoms with Gasteiger partial charge in [-0.25, -0.2) is 4.98 Å². The van der Waals surface area contributed by atoms with Crippen molar-refractivity contribution in [3.63, 3.8) is 0 Å². The molecule has 3 aromatic rings. The van der Waals surface area contributed by atoms with E-state index in [1.807, 2.05) is 36.4 Å². The van der Waals surface area contributed by atoms with Gasteiger partial charge in [0.15, 0.2) is 5.58 Å². The van der Waals surface area contributed by atoms with Crippen LogP contribution < -0.4 is 9.47 Å². The largest absolute Gasteiger partial charge is 0.496 e. The maximum atomic E-state index is 5.83. The Morgan fingerprint density at radius 2 is 1.64 bits per heavy atom. The first-order valence-corrected chi connectivity index (χ1v) is 7.26. The lowest BCUT2D eigenvalue weighted by Gasteiger charge is -2.17. The van der Waals surface area contributed by atoms with E-state index in [0.717, 1.165) is 33.7 Å². The van der Waals surface area contributed by atoms with Crippen LogP contribution in [0.25, 0.3) is 22.6 Å². The average molecular weight is 297 g/mol. The minimum absolute atomic E-state index is 0.294. The number of benzene rings is 2. The first kappa shape index (κ1) is 14.4. The summed E-state index contributed by atoms with van der Waals surface area (Å²) in [5.74, 6) is 2.42. The van der Waals surface area contributed by atoms with Crippen molar-refractivity contribution in [2.45, 2.75) is 19.8 Å². The molecular weight excluding hydrogens is 278 g/mol. The Morgan fingerprint density at radius 3 is 2.18 bits per heavy atom. The summed E-state index contributed by atoms with van der Waals surface area (Å²) in [4.78, 5) is 4.53. The number of nitrogens with zero attached hydrogens (tertiary/aromatic N) is 1. The van der Waals surface area contributed by atoms with Crippen molar-refractivity contribution in [2.75, 3.05) is 14.2 Å². The van der Waals surface area contributed by atoms with E-state index in [-0.39, 0.29) is 0 Å². The molecule has 0 aliphatic carbocycles. The molecule has 4 heteroatoms. The van der Waals surface area contributed by atoms with Gasteiger partial charge in [-0.05, 0) is 30.2 Å². The van der Waals surface area contributed by atoms with Gasteiger partial charge in [-0.1, -0.05) is 26.0 Å². The van der Waals surface area contributed by atoms with Crippen molar-refractivity contribution in [1.29, 1.82) is 0 Å². The molecule has 0 radical (unpaired) electrons. The van der Waals surface area contributed by atoms with E-state index in [9.17, 15) is 0 Å². The molecule has 22 heavy (non-hydrogen) atoms. The third-order valence-electron chi connectivity index (χ3n) is 3.66. The van der Waals surface area contributed by atoms with Gasteiger partial charge < -0.3 is 13.9 Å². The lowest BCUT2D eigenvalue weighted by Crippen LogP contribution is -1.99. The van der Waals surface area contributed by atoms with Crippen molar-refractivity contribution in [3.05, 3.63) is 42.0 Å². The number of aromatic nitrogens is 1. The van der Waals surface area contributed by atoms with Gasteiger partial charge in [0.25, 0.3) is 0 Å². The quantitative estimate of drug-likeness (QED) is 0.704. The fourth-order valence-electron chi connectivity index (χ4n) is 2.63. The molecule has 0 atom stereocenters. The highest BCUT2D eigenvalue weighted by molar-refractivity contribution is 5.77. The summed E-state index contributed by atoms with van der Waals surface area (Å²) in [7, 11) is 3.33. The van der Waals surface area contributed by atoms with Gasteiger partial charge >= 0.3 is 0 Å². The zero-order valence-electron chi connectivity index (χ0n) is 13.2. The summed E-state index contributed by atoms with van der Waals surface area (Å²) in [6.45, 7) is 4.22. The number of para-hydroxylation sites is 2. The van der Waals surface area contributed by atoms with E-state index >= 15 is 0 Å². The molecule has 1 heterocycles. The topological polar surface area (TPSA) is 44.5 Å². The number of ether oxygens (including phenoxy) is 2. The molecule has 4 nitrogen and oxygen atoms in total. The van der Waals surface area contributed by atoms with Gasteiger partial charge in [-0.2, -0.15) is 0 Å². The predicted molar refractivity (Wildman–Crippen MR) is 86.6 cm³/mol. The van der Waals surface area contributed by atoms with Gasteiger partial charge in [0, 0.05) is 11.1 Å². The first-order chi connectivity index (χ1) is 10.6. The second-order valence-corrected chi connectivity index (χ2v) is 5.44. The van der Waals surface area contributed by atoms with Crippen LogP contribution >= 0.6 is 0 Å². The Hall–Kier alpha value is -2.49. The van der Waals surface area contributed by atoms with Crippen molar-refractivity contribution >= 4 is 11.1 Å². The van der Waals surface area contributed by atoms with Crippen LogP contribution in [0.1, 0.15) is 25.3 Å². The molecule has 0 bridgehead atoms. The minimum atomic E-state index is 0.294. The fraction of sp³-hybridized carbons (Fsp3) is 0.278. The van der Waals surface area contributed by atoms with Crippen LogP contribution in [0.5, 0.6) is 11.5 Å². The van der Waals surface area contributed by atoms with Crippen molar-refractivity contribution in [1.82, 2.24) is 4.98 Å². The number of rotatable bonds is 4. The molecule has 114 valence electrons. The molecule has 3 rings (SSSR count).